The fourth-order valence-electron chi connectivity index (χ4n) is 3.47. The highest BCUT2D eigenvalue weighted by Crippen LogP contribution is 2.29. The molecule has 4 heterocycles. The normalized spacial score (nSPS) is 19.2. The molecule has 2 atom stereocenters. The van der Waals surface area contributed by atoms with Gasteiger partial charge in [0.1, 0.15) is 17.8 Å². The van der Waals surface area contributed by atoms with E-state index in [1.807, 2.05) is 0 Å². The Bertz CT molecular complexity index is 987. The van der Waals surface area contributed by atoms with Gasteiger partial charge in [-0.1, -0.05) is 0 Å². The number of hydrogen-bond donors (Lipinski definition) is 1. The van der Waals surface area contributed by atoms with Crippen LogP contribution in [-0.4, -0.2) is 48.9 Å². The number of anilines is 1. The number of aliphatic hydroxyl groups is 1. The largest absolute Gasteiger partial charge is 0.435 e. The van der Waals surface area contributed by atoms with Gasteiger partial charge < -0.3 is 10.0 Å². The zero-order valence-electron chi connectivity index (χ0n) is 15.1. The van der Waals surface area contributed by atoms with Gasteiger partial charge in [0.2, 0.25) is 0 Å². The fraction of sp³-hybridized carbons (Fsp3) is 0.444. The van der Waals surface area contributed by atoms with Crippen LogP contribution in [0.5, 0.6) is 0 Å². The van der Waals surface area contributed by atoms with Gasteiger partial charge in [0, 0.05) is 25.1 Å². The number of aromatic nitrogens is 5. The summed E-state index contributed by atoms with van der Waals surface area (Å²) in [5.74, 6) is 0.816. The van der Waals surface area contributed by atoms with E-state index in [1.165, 1.54) is 18.6 Å². The van der Waals surface area contributed by atoms with Gasteiger partial charge in [0.25, 0.3) is 0 Å². The van der Waals surface area contributed by atoms with Crippen molar-refractivity contribution in [1.82, 2.24) is 24.6 Å². The van der Waals surface area contributed by atoms with Crippen molar-refractivity contribution in [3.05, 3.63) is 36.4 Å². The van der Waals surface area contributed by atoms with Crippen LogP contribution in [0.2, 0.25) is 0 Å². The number of imidazole rings is 1. The van der Waals surface area contributed by atoms with Gasteiger partial charge in [0.15, 0.2) is 11.3 Å². The lowest BCUT2D eigenvalue weighted by Crippen LogP contribution is -2.40. The third-order valence-corrected chi connectivity index (χ3v) is 5.03. The van der Waals surface area contributed by atoms with E-state index in [2.05, 4.69) is 25.0 Å². The van der Waals surface area contributed by atoms with Gasteiger partial charge in [-0.05, 0) is 31.9 Å². The van der Waals surface area contributed by atoms with Gasteiger partial charge >= 0.3 is 6.18 Å². The second-order valence-corrected chi connectivity index (χ2v) is 6.98. The first-order chi connectivity index (χ1) is 13.3. The SMILES string of the molecule is CC(O)C1CCCN(c2cc(-c3cnc4ccc(C(F)(F)F)nn34)ncn2)C1. The van der Waals surface area contributed by atoms with Crippen LogP contribution in [0.15, 0.2) is 30.7 Å². The standard InChI is InChI=1S/C18H19F3N6O/c1-11(28)12-3-2-6-26(9-12)17-7-13(23-10-24-17)14-8-22-16-5-4-15(18(19,20)21)25-27(14)16/h4-5,7-8,10-12,28H,2-3,6,9H2,1H3. The summed E-state index contributed by atoms with van der Waals surface area (Å²) in [5.41, 5.74) is 0.0944. The van der Waals surface area contributed by atoms with E-state index in [-0.39, 0.29) is 5.92 Å². The first-order valence-corrected chi connectivity index (χ1v) is 9.00. The van der Waals surface area contributed by atoms with Crippen molar-refractivity contribution in [3.63, 3.8) is 0 Å². The molecule has 0 amide bonds. The molecule has 2 unspecified atom stereocenters. The summed E-state index contributed by atoms with van der Waals surface area (Å²) in [4.78, 5) is 14.7. The maximum atomic E-state index is 13.0. The topological polar surface area (TPSA) is 79.4 Å². The molecule has 7 nitrogen and oxygen atoms in total. The van der Waals surface area contributed by atoms with Gasteiger partial charge in [-0.15, -0.1) is 0 Å². The number of fused-ring (bicyclic) bond motifs is 1. The van der Waals surface area contributed by atoms with Gasteiger partial charge in [-0.3, -0.25) is 0 Å². The quantitative estimate of drug-likeness (QED) is 0.739. The van der Waals surface area contributed by atoms with Crippen LogP contribution in [-0.2, 0) is 6.18 Å². The number of nitrogens with zero attached hydrogens (tertiary/aromatic N) is 6. The molecular weight excluding hydrogens is 373 g/mol. The summed E-state index contributed by atoms with van der Waals surface area (Å²) in [5, 5.41) is 13.6. The maximum absolute atomic E-state index is 13.0. The number of rotatable bonds is 3. The third kappa shape index (κ3) is 3.51. The Morgan fingerprint density at radius 3 is 2.79 bits per heavy atom. The Labute approximate surface area is 158 Å². The molecular formula is C18H19F3N6O. The molecule has 1 fully saturated rings. The third-order valence-electron chi connectivity index (χ3n) is 5.03. The minimum atomic E-state index is -4.55. The average molecular weight is 392 g/mol. The Morgan fingerprint density at radius 2 is 2.04 bits per heavy atom. The van der Waals surface area contributed by atoms with Crippen LogP contribution in [0.25, 0.3) is 17.0 Å². The molecule has 3 aromatic rings. The van der Waals surface area contributed by atoms with Crippen molar-refractivity contribution in [1.29, 1.82) is 0 Å². The van der Waals surface area contributed by atoms with Crippen molar-refractivity contribution < 1.29 is 18.3 Å². The molecule has 0 aromatic carbocycles. The lowest BCUT2D eigenvalue weighted by atomic mass is 9.93. The molecule has 1 N–H and O–H groups in total. The summed E-state index contributed by atoms with van der Waals surface area (Å²) in [6.45, 7) is 3.24. The number of halogens is 3. The van der Waals surface area contributed by atoms with Crippen molar-refractivity contribution >= 4 is 11.5 Å². The van der Waals surface area contributed by atoms with E-state index in [9.17, 15) is 18.3 Å². The molecule has 0 saturated carbocycles. The highest BCUT2D eigenvalue weighted by molar-refractivity contribution is 5.62. The zero-order chi connectivity index (χ0) is 19.9. The second kappa shape index (κ2) is 7.01. The smallest absolute Gasteiger partial charge is 0.393 e. The summed E-state index contributed by atoms with van der Waals surface area (Å²) in [6, 6.07) is 3.90. The van der Waals surface area contributed by atoms with Crippen molar-refractivity contribution in [3.8, 4) is 11.4 Å². The van der Waals surface area contributed by atoms with Crippen LogP contribution in [0.1, 0.15) is 25.5 Å². The fourth-order valence-corrected chi connectivity index (χ4v) is 3.47. The molecule has 1 aliphatic rings. The Kier molecular flexibility index (Phi) is 4.66. The number of aliphatic hydroxyl groups excluding tert-OH is 1. The van der Waals surface area contributed by atoms with E-state index in [0.717, 1.165) is 30.0 Å². The molecule has 0 aliphatic carbocycles. The first kappa shape index (κ1) is 18.6. The number of hydrogen-bond acceptors (Lipinski definition) is 6. The zero-order valence-corrected chi connectivity index (χ0v) is 15.1. The van der Waals surface area contributed by atoms with Gasteiger partial charge in [0.05, 0.1) is 18.0 Å². The molecule has 10 heteroatoms. The van der Waals surface area contributed by atoms with E-state index in [1.54, 1.807) is 13.0 Å². The summed E-state index contributed by atoms with van der Waals surface area (Å²) in [6.07, 6.45) is -0.249. The lowest BCUT2D eigenvalue weighted by Gasteiger charge is -2.34. The van der Waals surface area contributed by atoms with E-state index in [0.29, 0.717) is 29.4 Å². The number of alkyl halides is 3. The molecule has 1 saturated heterocycles. The van der Waals surface area contributed by atoms with Gasteiger partial charge in [-0.2, -0.15) is 18.3 Å². The molecule has 1 aliphatic heterocycles. The average Bonchev–Trinajstić information content (AvgIpc) is 3.11. The minimum absolute atomic E-state index is 0.152. The van der Waals surface area contributed by atoms with Crippen LogP contribution >= 0.6 is 0 Å². The van der Waals surface area contributed by atoms with Crippen molar-refractivity contribution in [2.24, 2.45) is 5.92 Å². The van der Waals surface area contributed by atoms with Crippen molar-refractivity contribution in [2.75, 3.05) is 18.0 Å². The first-order valence-electron chi connectivity index (χ1n) is 9.00. The van der Waals surface area contributed by atoms with E-state index < -0.39 is 18.0 Å². The molecule has 28 heavy (non-hydrogen) atoms. The maximum Gasteiger partial charge on any atom is 0.435 e. The Morgan fingerprint density at radius 1 is 1.21 bits per heavy atom. The van der Waals surface area contributed by atoms with Crippen molar-refractivity contribution in [2.45, 2.75) is 32.0 Å². The molecule has 0 spiro atoms. The highest BCUT2D eigenvalue weighted by atomic mass is 19.4. The minimum Gasteiger partial charge on any atom is -0.393 e. The van der Waals surface area contributed by atoms with Crippen LogP contribution in [0, 0.1) is 5.92 Å². The van der Waals surface area contributed by atoms with E-state index in [4.69, 9.17) is 0 Å². The second-order valence-electron chi connectivity index (χ2n) is 6.98. The predicted molar refractivity (Wildman–Crippen MR) is 95.6 cm³/mol. The van der Waals surface area contributed by atoms with E-state index >= 15 is 0 Å². The lowest BCUT2D eigenvalue weighted by molar-refractivity contribution is -0.141. The molecule has 0 bridgehead atoms. The summed E-state index contributed by atoms with van der Waals surface area (Å²) < 4.78 is 40.2. The monoisotopic (exact) mass is 392 g/mol. The highest BCUT2D eigenvalue weighted by Gasteiger charge is 2.33. The summed E-state index contributed by atoms with van der Waals surface area (Å²) >= 11 is 0. The summed E-state index contributed by atoms with van der Waals surface area (Å²) in [7, 11) is 0. The number of piperidine rings is 1. The predicted octanol–water partition coefficient (Wildman–Crippen LogP) is 2.80. The van der Waals surface area contributed by atoms with Crippen LogP contribution in [0.4, 0.5) is 19.0 Å². The molecule has 3 aromatic heterocycles. The Hall–Kier alpha value is -2.75. The van der Waals surface area contributed by atoms with Crippen LogP contribution < -0.4 is 4.90 Å². The molecule has 4 rings (SSSR count). The van der Waals surface area contributed by atoms with Crippen LogP contribution in [0.3, 0.4) is 0 Å². The van der Waals surface area contributed by atoms with Gasteiger partial charge in [-0.25, -0.2) is 19.5 Å². The molecule has 148 valence electrons. The molecule has 0 radical (unpaired) electrons. The Balaban J connectivity index is 1.70.